The zero-order chi connectivity index (χ0) is 15.2. The van der Waals surface area contributed by atoms with Crippen LogP contribution in [0, 0.1) is 0 Å². The summed E-state index contributed by atoms with van der Waals surface area (Å²) in [7, 11) is 0. The van der Waals surface area contributed by atoms with Crippen molar-refractivity contribution < 1.29 is 4.74 Å². The lowest BCUT2D eigenvalue weighted by molar-refractivity contribution is 0.292. The Morgan fingerprint density at radius 1 is 1.14 bits per heavy atom. The van der Waals surface area contributed by atoms with Gasteiger partial charge in [0.1, 0.15) is 0 Å². The normalized spacial score (nSPS) is 10.5. The molecule has 1 N–H and O–H groups in total. The van der Waals surface area contributed by atoms with Crippen LogP contribution in [0.3, 0.4) is 0 Å². The average Bonchev–Trinajstić information content (AvgIpc) is 2.45. The van der Waals surface area contributed by atoms with E-state index in [1.54, 1.807) is 18.2 Å². The number of nitrogens with one attached hydrogen (secondary N) is 1. The van der Waals surface area contributed by atoms with Gasteiger partial charge >= 0.3 is 6.01 Å². The van der Waals surface area contributed by atoms with Crippen LogP contribution in [0.4, 0.5) is 5.95 Å². The van der Waals surface area contributed by atoms with Crippen molar-refractivity contribution in [2.45, 2.75) is 20.3 Å². The first-order chi connectivity index (χ1) is 10.1. The van der Waals surface area contributed by atoms with E-state index >= 15 is 0 Å². The fraction of sp³-hybridized carbons (Fsp3) is 0.357. The molecule has 0 aliphatic rings. The van der Waals surface area contributed by atoms with Crippen molar-refractivity contribution in [3.05, 3.63) is 28.2 Å². The maximum Gasteiger partial charge on any atom is 0.321 e. The number of aromatic nitrogens is 3. The smallest absolute Gasteiger partial charge is 0.321 e. The topological polar surface area (TPSA) is 59.9 Å². The number of anilines is 1. The summed E-state index contributed by atoms with van der Waals surface area (Å²) in [4.78, 5) is 12.9. The molecule has 1 heterocycles. The highest BCUT2D eigenvalue weighted by atomic mass is 35.5. The van der Waals surface area contributed by atoms with Gasteiger partial charge in [-0.2, -0.15) is 15.0 Å². The summed E-state index contributed by atoms with van der Waals surface area (Å²) < 4.78 is 5.50. The van der Waals surface area contributed by atoms with E-state index < -0.39 is 0 Å². The van der Waals surface area contributed by atoms with Crippen molar-refractivity contribution >= 4 is 29.2 Å². The minimum absolute atomic E-state index is 0.281. The van der Waals surface area contributed by atoms with Crippen LogP contribution in [0.5, 0.6) is 6.01 Å². The lowest BCUT2D eigenvalue weighted by Crippen LogP contribution is -2.08. The van der Waals surface area contributed by atoms with Gasteiger partial charge < -0.3 is 10.1 Å². The average molecular weight is 327 g/mol. The summed E-state index contributed by atoms with van der Waals surface area (Å²) in [6.45, 7) is 5.23. The molecule has 0 aliphatic heterocycles. The van der Waals surface area contributed by atoms with E-state index in [0.29, 0.717) is 40.5 Å². The van der Waals surface area contributed by atoms with E-state index in [2.05, 4.69) is 20.3 Å². The van der Waals surface area contributed by atoms with Crippen LogP contribution >= 0.6 is 23.2 Å². The molecule has 0 amide bonds. The van der Waals surface area contributed by atoms with Crippen LogP contribution in [0.25, 0.3) is 11.4 Å². The van der Waals surface area contributed by atoms with Crippen LogP contribution in [0.1, 0.15) is 20.3 Å². The van der Waals surface area contributed by atoms with E-state index in [1.165, 1.54) is 0 Å². The number of rotatable bonds is 6. The lowest BCUT2D eigenvalue weighted by atomic mass is 10.2. The summed E-state index contributed by atoms with van der Waals surface area (Å²) in [5, 5.41) is 4.10. The van der Waals surface area contributed by atoms with Gasteiger partial charge in [-0.3, -0.25) is 0 Å². The molecule has 0 bridgehead atoms. The van der Waals surface area contributed by atoms with Crippen molar-refractivity contribution in [1.29, 1.82) is 0 Å². The molecule has 21 heavy (non-hydrogen) atoms. The van der Waals surface area contributed by atoms with Gasteiger partial charge in [0.25, 0.3) is 0 Å². The monoisotopic (exact) mass is 326 g/mol. The number of ether oxygens (including phenoxy) is 1. The zero-order valence-electron chi connectivity index (χ0n) is 11.9. The van der Waals surface area contributed by atoms with Crippen molar-refractivity contribution in [3.8, 4) is 17.4 Å². The first kappa shape index (κ1) is 15.8. The Hall–Kier alpha value is -1.59. The summed E-state index contributed by atoms with van der Waals surface area (Å²) in [6, 6.07) is 5.46. The van der Waals surface area contributed by atoms with Gasteiger partial charge in [0.15, 0.2) is 5.82 Å². The summed E-state index contributed by atoms with van der Waals surface area (Å²) in [5.74, 6) is 0.910. The third-order valence-electron chi connectivity index (χ3n) is 2.56. The van der Waals surface area contributed by atoms with Crippen LogP contribution in [-0.2, 0) is 0 Å². The molecule has 0 spiro atoms. The fourth-order valence-corrected chi connectivity index (χ4v) is 2.14. The highest BCUT2D eigenvalue weighted by Crippen LogP contribution is 2.29. The molecule has 0 fully saturated rings. The Balaban J connectivity index is 2.43. The van der Waals surface area contributed by atoms with Crippen LogP contribution < -0.4 is 10.1 Å². The molecule has 5 nitrogen and oxygen atoms in total. The number of hydrogen-bond donors (Lipinski definition) is 1. The maximum atomic E-state index is 6.20. The van der Waals surface area contributed by atoms with Gasteiger partial charge in [0.2, 0.25) is 5.95 Å². The number of halogens is 2. The molecule has 2 rings (SSSR count). The molecule has 1 aromatic carbocycles. The molecule has 112 valence electrons. The molecular formula is C14H16Cl2N4O. The van der Waals surface area contributed by atoms with Gasteiger partial charge in [-0.05, 0) is 31.5 Å². The Morgan fingerprint density at radius 3 is 2.62 bits per heavy atom. The van der Waals surface area contributed by atoms with Gasteiger partial charge in [-0.15, -0.1) is 0 Å². The summed E-state index contributed by atoms with van der Waals surface area (Å²) in [6.07, 6.45) is 0.874. The van der Waals surface area contributed by atoms with Gasteiger partial charge in [-0.1, -0.05) is 30.1 Å². The molecule has 0 saturated carbocycles. The molecular weight excluding hydrogens is 311 g/mol. The van der Waals surface area contributed by atoms with E-state index in [9.17, 15) is 0 Å². The third kappa shape index (κ3) is 4.19. The van der Waals surface area contributed by atoms with Crippen molar-refractivity contribution in [1.82, 2.24) is 15.0 Å². The SMILES string of the molecule is CCCOc1nc(NCC)nc(-c2ccc(Cl)cc2Cl)n1. The van der Waals surface area contributed by atoms with Gasteiger partial charge in [0.05, 0.1) is 11.6 Å². The van der Waals surface area contributed by atoms with Gasteiger partial charge in [-0.25, -0.2) is 0 Å². The van der Waals surface area contributed by atoms with Crippen LogP contribution in [0.2, 0.25) is 10.0 Å². The number of benzene rings is 1. The zero-order valence-corrected chi connectivity index (χ0v) is 13.4. The first-order valence-corrected chi connectivity index (χ1v) is 7.47. The van der Waals surface area contributed by atoms with Crippen molar-refractivity contribution in [2.75, 3.05) is 18.5 Å². The second-order valence-corrected chi connectivity index (χ2v) is 5.11. The minimum Gasteiger partial charge on any atom is -0.463 e. The van der Waals surface area contributed by atoms with E-state index in [4.69, 9.17) is 27.9 Å². The number of nitrogens with zero attached hydrogens (tertiary/aromatic N) is 3. The minimum atomic E-state index is 0.281. The summed E-state index contributed by atoms with van der Waals surface area (Å²) in [5.41, 5.74) is 0.684. The fourth-order valence-electron chi connectivity index (χ4n) is 1.64. The molecule has 0 radical (unpaired) electrons. The standard InChI is InChI=1S/C14H16Cl2N4O/c1-3-7-21-14-19-12(18-13(20-14)17-4-2)10-6-5-9(15)8-11(10)16/h5-6,8H,3-4,7H2,1-2H3,(H,17,18,19,20). The van der Waals surface area contributed by atoms with Crippen molar-refractivity contribution in [2.24, 2.45) is 0 Å². The largest absolute Gasteiger partial charge is 0.463 e. The number of hydrogen-bond acceptors (Lipinski definition) is 5. The maximum absolute atomic E-state index is 6.20. The third-order valence-corrected chi connectivity index (χ3v) is 3.10. The summed E-state index contributed by atoms with van der Waals surface area (Å²) >= 11 is 12.1. The highest BCUT2D eigenvalue weighted by Gasteiger charge is 2.12. The van der Waals surface area contributed by atoms with E-state index in [1.807, 2.05) is 13.8 Å². The predicted octanol–water partition coefficient (Wildman–Crippen LogP) is 4.07. The van der Waals surface area contributed by atoms with Crippen LogP contribution in [-0.4, -0.2) is 28.1 Å². The second-order valence-electron chi connectivity index (χ2n) is 4.27. The van der Waals surface area contributed by atoms with Crippen molar-refractivity contribution in [3.63, 3.8) is 0 Å². The molecule has 7 heteroatoms. The van der Waals surface area contributed by atoms with E-state index in [0.717, 1.165) is 6.42 Å². The molecule has 1 aromatic heterocycles. The molecule has 0 aliphatic carbocycles. The Bertz CT molecular complexity index is 622. The van der Waals surface area contributed by atoms with E-state index in [-0.39, 0.29) is 6.01 Å². The Kier molecular flexibility index (Phi) is 5.59. The molecule has 0 atom stereocenters. The van der Waals surface area contributed by atoms with Crippen LogP contribution in [0.15, 0.2) is 18.2 Å². The predicted molar refractivity (Wildman–Crippen MR) is 85.2 cm³/mol. The Labute approximate surface area is 133 Å². The highest BCUT2D eigenvalue weighted by molar-refractivity contribution is 6.36. The molecule has 0 unspecified atom stereocenters. The molecule has 0 saturated heterocycles. The second kappa shape index (κ2) is 7.43. The van der Waals surface area contributed by atoms with Gasteiger partial charge in [0, 0.05) is 17.1 Å². The molecule has 2 aromatic rings. The lowest BCUT2D eigenvalue weighted by Gasteiger charge is -2.09. The first-order valence-electron chi connectivity index (χ1n) is 6.72. The quantitative estimate of drug-likeness (QED) is 0.867. The Morgan fingerprint density at radius 2 is 1.95 bits per heavy atom.